The zero-order chi connectivity index (χ0) is 18.4. The van der Waals surface area contributed by atoms with E-state index in [4.69, 9.17) is 22.1 Å². The highest BCUT2D eigenvalue weighted by Crippen LogP contribution is 2.23. The van der Waals surface area contributed by atoms with E-state index in [1.54, 1.807) is 42.6 Å². The van der Waals surface area contributed by atoms with E-state index in [1.165, 1.54) is 0 Å². The first-order valence-electron chi connectivity index (χ1n) is 8.12. The van der Waals surface area contributed by atoms with Crippen LogP contribution in [0.15, 0.2) is 66.9 Å². The van der Waals surface area contributed by atoms with E-state index in [9.17, 15) is 4.79 Å². The van der Waals surface area contributed by atoms with Crippen LogP contribution in [0.3, 0.4) is 0 Å². The normalized spacial score (nSPS) is 10.3. The molecule has 26 heavy (non-hydrogen) atoms. The fraction of sp³-hybridized carbons (Fsp3) is 0.100. The molecular weight excluding hydrogens is 350 g/mol. The van der Waals surface area contributed by atoms with Gasteiger partial charge in [-0.15, -0.1) is 0 Å². The van der Waals surface area contributed by atoms with Crippen molar-refractivity contribution in [2.45, 2.75) is 6.42 Å². The summed E-state index contributed by atoms with van der Waals surface area (Å²) in [5, 5.41) is 3.43. The maximum atomic E-state index is 12.1. The Balaban J connectivity index is 1.56. The summed E-state index contributed by atoms with van der Waals surface area (Å²) in [5.41, 5.74) is 7.25. The van der Waals surface area contributed by atoms with Gasteiger partial charge in [-0.2, -0.15) is 0 Å². The van der Waals surface area contributed by atoms with Crippen LogP contribution in [0.25, 0.3) is 0 Å². The number of nitrogens with zero attached hydrogens (tertiary/aromatic N) is 1. The van der Waals surface area contributed by atoms with Crippen molar-refractivity contribution in [2.24, 2.45) is 0 Å². The molecule has 0 saturated heterocycles. The van der Waals surface area contributed by atoms with Crippen molar-refractivity contribution in [3.8, 4) is 11.5 Å². The summed E-state index contributed by atoms with van der Waals surface area (Å²) < 4.78 is 5.79. The molecule has 0 atom stereocenters. The largest absolute Gasteiger partial charge is 0.457 e. The van der Waals surface area contributed by atoms with Gasteiger partial charge >= 0.3 is 0 Å². The minimum absolute atomic E-state index is 0.146. The second-order valence-electron chi connectivity index (χ2n) is 5.68. The van der Waals surface area contributed by atoms with Gasteiger partial charge in [-0.05, 0) is 48.4 Å². The molecule has 1 heterocycles. The highest BCUT2D eigenvalue weighted by atomic mass is 35.5. The molecule has 1 aromatic heterocycles. The number of halogens is 1. The smallest absolute Gasteiger partial charge is 0.251 e. The van der Waals surface area contributed by atoms with Gasteiger partial charge in [-0.25, -0.2) is 4.98 Å². The third kappa shape index (κ3) is 4.97. The second kappa shape index (κ2) is 8.36. The summed E-state index contributed by atoms with van der Waals surface area (Å²) in [6, 6.07) is 18.0. The zero-order valence-electron chi connectivity index (χ0n) is 14.0. The number of carbonyl (C=O) groups excluding carboxylic acids is 1. The minimum Gasteiger partial charge on any atom is -0.457 e. The van der Waals surface area contributed by atoms with Gasteiger partial charge in [0.25, 0.3) is 5.91 Å². The number of nitrogens with one attached hydrogen (secondary N) is 1. The third-order valence-electron chi connectivity index (χ3n) is 3.67. The average Bonchev–Trinajstić information content (AvgIpc) is 2.62. The molecule has 0 radical (unpaired) electrons. The molecule has 0 aliphatic rings. The summed E-state index contributed by atoms with van der Waals surface area (Å²) in [7, 11) is 0. The van der Waals surface area contributed by atoms with Crippen LogP contribution in [0.2, 0.25) is 5.02 Å². The number of ether oxygens (including phenoxy) is 1. The van der Waals surface area contributed by atoms with Crippen LogP contribution in [-0.4, -0.2) is 17.4 Å². The second-order valence-corrected chi connectivity index (χ2v) is 6.12. The summed E-state index contributed by atoms with van der Waals surface area (Å²) in [6.45, 7) is 0.511. The molecule has 6 heteroatoms. The number of anilines is 1. The lowest BCUT2D eigenvalue weighted by Crippen LogP contribution is -2.25. The van der Waals surface area contributed by atoms with Crippen molar-refractivity contribution in [2.75, 3.05) is 12.3 Å². The van der Waals surface area contributed by atoms with Gasteiger partial charge in [-0.1, -0.05) is 29.8 Å². The van der Waals surface area contributed by atoms with E-state index in [0.29, 0.717) is 40.9 Å². The van der Waals surface area contributed by atoms with Gasteiger partial charge in [0.15, 0.2) is 0 Å². The first-order chi connectivity index (χ1) is 12.6. The van der Waals surface area contributed by atoms with Gasteiger partial charge in [-0.3, -0.25) is 4.79 Å². The molecule has 5 nitrogen and oxygen atoms in total. The Morgan fingerprint density at radius 2 is 1.88 bits per heavy atom. The van der Waals surface area contributed by atoms with Crippen LogP contribution >= 0.6 is 11.6 Å². The number of nitrogens with two attached hydrogens (primary N) is 1. The summed E-state index contributed by atoms with van der Waals surface area (Å²) in [4.78, 5) is 16.1. The van der Waals surface area contributed by atoms with Crippen LogP contribution in [-0.2, 0) is 6.42 Å². The van der Waals surface area contributed by atoms with Crippen LogP contribution in [0.4, 0.5) is 5.82 Å². The molecule has 0 aliphatic heterocycles. The van der Waals surface area contributed by atoms with E-state index in [-0.39, 0.29) is 5.91 Å². The molecular formula is C20H18ClN3O2. The van der Waals surface area contributed by atoms with Crippen LogP contribution < -0.4 is 15.8 Å². The van der Waals surface area contributed by atoms with E-state index in [2.05, 4.69) is 10.3 Å². The third-order valence-corrected chi connectivity index (χ3v) is 3.91. The van der Waals surface area contributed by atoms with Crippen molar-refractivity contribution in [1.82, 2.24) is 10.3 Å². The summed E-state index contributed by atoms with van der Waals surface area (Å²) in [5.74, 6) is 1.59. The lowest BCUT2D eigenvalue weighted by Gasteiger charge is -2.09. The van der Waals surface area contributed by atoms with E-state index in [1.807, 2.05) is 24.3 Å². The Bertz CT molecular complexity index is 915. The topological polar surface area (TPSA) is 77.2 Å². The van der Waals surface area contributed by atoms with Gasteiger partial charge in [0.2, 0.25) is 0 Å². The zero-order valence-corrected chi connectivity index (χ0v) is 14.7. The molecule has 0 saturated carbocycles. The van der Waals surface area contributed by atoms with Gasteiger partial charge < -0.3 is 15.8 Å². The number of amides is 1. The molecule has 0 spiro atoms. The van der Waals surface area contributed by atoms with Gasteiger partial charge in [0.05, 0.1) is 0 Å². The Labute approximate surface area is 156 Å². The first kappa shape index (κ1) is 17.8. The predicted octanol–water partition coefficient (Wildman–Crippen LogP) is 4.08. The Hall–Kier alpha value is -3.05. The summed E-state index contributed by atoms with van der Waals surface area (Å²) in [6.07, 6.45) is 2.28. The fourth-order valence-electron chi connectivity index (χ4n) is 2.44. The van der Waals surface area contributed by atoms with Crippen molar-refractivity contribution in [3.63, 3.8) is 0 Å². The minimum atomic E-state index is -0.146. The maximum Gasteiger partial charge on any atom is 0.251 e. The molecule has 3 rings (SSSR count). The van der Waals surface area contributed by atoms with Crippen molar-refractivity contribution in [3.05, 3.63) is 83.0 Å². The first-order valence-corrected chi connectivity index (χ1v) is 8.50. The molecule has 2 aromatic carbocycles. The number of pyridine rings is 1. The fourth-order valence-corrected chi connectivity index (χ4v) is 2.63. The molecule has 0 bridgehead atoms. The van der Waals surface area contributed by atoms with Crippen molar-refractivity contribution >= 4 is 23.3 Å². The quantitative estimate of drug-likeness (QED) is 0.688. The Morgan fingerprint density at radius 3 is 2.69 bits per heavy atom. The molecule has 0 aliphatic carbocycles. The number of nitrogen functional groups attached to an aromatic ring is 1. The molecule has 3 N–H and O–H groups in total. The van der Waals surface area contributed by atoms with Crippen LogP contribution in [0, 0.1) is 0 Å². The van der Waals surface area contributed by atoms with E-state index in [0.717, 1.165) is 5.56 Å². The SMILES string of the molecule is Nc1cc(Oc2cccc(CCNC(=O)c3cccc(Cl)c3)c2)ccn1. The number of rotatable bonds is 6. The van der Waals surface area contributed by atoms with Gasteiger partial charge in [0, 0.05) is 29.4 Å². The Kier molecular flexibility index (Phi) is 5.71. The lowest BCUT2D eigenvalue weighted by molar-refractivity contribution is 0.0954. The monoisotopic (exact) mass is 367 g/mol. The van der Waals surface area contributed by atoms with Crippen molar-refractivity contribution in [1.29, 1.82) is 0 Å². The van der Waals surface area contributed by atoms with Crippen LogP contribution in [0.5, 0.6) is 11.5 Å². The highest BCUT2D eigenvalue weighted by molar-refractivity contribution is 6.30. The molecule has 0 fully saturated rings. The molecule has 3 aromatic rings. The van der Waals surface area contributed by atoms with Crippen molar-refractivity contribution < 1.29 is 9.53 Å². The van der Waals surface area contributed by atoms with Crippen LogP contribution in [0.1, 0.15) is 15.9 Å². The van der Waals surface area contributed by atoms with Gasteiger partial charge in [0.1, 0.15) is 17.3 Å². The predicted molar refractivity (Wildman–Crippen MR) is 103 cm³/mol. The molecule has 132 valence electrons. The Morgan fingerprint density at radius 1 is 1.08 bits per heavy atom. The maximum absolute atomic E-state index is 12.1. The highest BCUT2D eigenvalue weighted by Gasteiger charge is 2.06. The number of hydrogen-bond acceptors (Lipinski definition) is 4. The molecule has 0 unspecified atom stereocenters. The lowest BCUT2D eigenvalue weighted by atomic mass is 10.1. The number of benzene rings is 2. The summed E-state index contributed by atoms with van der Waals surface area (Å²) >= 11 is 5.91. The number of hydrogen-bond donors (Lipinski definition) is 2. The van der Waals surface area contributed by atoms with E-state index < -0.39 is 0 Å². The standard InChI is InChI=1S/C20H18ClN3O2/c21-16-5-2-4-15(12-16)20(25)24-9-7-14-3-1-6-17(11-14)26-18-8-10-23-19(22)13-18/h1-6,8,10-13H,7,9H2,(H2,22,23)(H,24,25). The molecule has 1 amide bonds. The number of aromatic nitrogens is 1. The van der Waals surface area contributed by atoms with E-state index >= 15 is 0 Å². The average molecular weight is 368 g/mol. The number of carbonyl (C=O) groups is 1.